The fraction of sp³-hybridized carbons (Fsp3) is 0.615. The molecule has 0 amide bonds. The van der Waals surface area contributed by atoms with Crippen LogP contribution in [0.4, 0.5) is 11.5 Å². The normalized spacial score (nSPS) is 10.7. The van der Waals surface area contributed by atoms with Crippen LogP contribution in [-0.4, -0.2) is 43.7 Å². The second-order valence-corrected chi connectivity index (χ2v) is 4.46. The third-order valence-corrected chi connectivity index (χ3v) is 2.51. The highest BCUT2D eigenvalue weighted by atomic mass is 16.5. The summed E-state index contributed by atoms with van der Waals surface area (Å²) in [5.41, 5.74) is 6.34. The third kappa shape index (κ3) is 5.23. The van der Waals surface area contributed by atoms with E-state index < -0.39 is 0 Å². The summed E-state index contributed by atoms with van der Waals surface area (Å²) in [6.45, 7) is 4.52. The Balaban J connectivity index is 2.35. The first-order chi connectivity index (χ1) is 8.63. The first-order valence-corrected chi connectivity index (χ1v) is 6.41. The van der Waals surface area contributed by atoms with Crippen molar-refractivity contribution in [2.45, 2.75) is 19.8 Å². The van der Waals surface area contributed by atoms with Crippen molar-refractivity contribution in [3.05, 3.63) is 12.1 Å². The summed E-state index contributed by atoms with van der Waals surface area (Å²) in [5, 5.41) is 3.28. The lowest BCUT2D eigenvalue weighted by atomic mass is 10.3. The lowest BCUT2D eigenvalue weighted by Crippen LogP contribution is -2.14. The Morgan fingerprint density at radius 2 is 2.11 bits per heavy atom. The molecule has 0 aromatic carbocycles. The van der Waals surface area contributed by atoms with E-state index in [0.29, 0.717) is 18.2 Å². The van der Waals surface area contributed by atoms with E-state index in [1.807, 2.05) is 19.1 Å². The number of hydrogen-bond acceptors (Lipinski definition) is 5. The standard InChI is InChI=1S/C13H24N4O/c1-4-18-13-11(14)7-8-12(16-13)15-9-5-6-10-17(2)3/h7-8H,4-6,9-10,14H2,1-3H3,(H,15,16). The Morgan fingerprint density at radius 1 is 1.33 bits per heavy atom. The van der Waals surface area contributed by atoms with Crippen LogP contribution in [0.3, 0.4) is 0 Å². The van der Waals surface area contributed by atoms with Crippen LogP contribution in [0.15, 0.2) is 12.1 Å². The Kier molecular flexibility index (Phi) is 6.28. The van der Waals surface area contributed by atoms with Crippen molar-refractivity contribution in [3.63, 3.8) is 0 Å². The Morgan fingerprint density at radius 3 is 2.78 bits per heavy atom. The van der Waals surface area contributed by atoms with Crippen molar-refractivity contribution >= 4 is 11.5 Å². The Bertz CT molecular complexity index is 355. The number of nitrogens with one attached hydrogen (secondary N) is 1. The van der Waals surface area contributed by atoms with Gasteiger partial charge < -0.3 is 20.7 Å². The van der Waals surface area contributed by atoms with Crippen molar-refractivity contribution in [2.75, 3.05) is 44.8 Å². The van der Waals surface area contributed by atoms with Crippen molar-refractivity contribution < 1.29 is 4.74 Å². The fourth-order valence-corrected chi connectivity index (χ4v) is 1.57. The van der Waals surface area contributed by atoms with Crippen LogP contribution in [0.2, 0.25) is 0 Å². The SMILES string of the molecule is CCOc1nc(NCCCCN(C)C)ccc1N. The second-order valence-electron chi connectivity index (χ2n) is 4.46. The van der Waals surface area contributed by atoms with Crippen LogP contribution < -0.4 is 15.8 Å². The third-order valence-electron chi connectivity index (χ3n) is 2.51. The molecule has 0 aliphatic carbocycles. The van der Waals surface area contributed by atoms with Crippen LogP contribution in [0.5, 0.6) is 5.88 Å². The molecular weight excluding hydrogens is 228 g/mol. The summed E-state index contributed by atoms with van der Waals surface area (Å²) in [4.78, 5) is 6.52. The number of hydrogen-bond donors (Lipinski definition) is 2. The molecule has 0 aliphatic rings. The topological polar surface area (TPSA) is 63.4 Å². The summed E-state index contributed by atoms with van der Waals surface area (Å²) in [5.74, 6) is 1.33. The van der Waals surface area contributed by atoms with E-state index in [0.717, 1.165) is 25.3 Å². The second kappa shape index (κ2) is 7.76. The highest BCUT2D eigenvalue weighted by molar-refractivity contribution is 5.53. The average Bonchev–Trinajstić information content (AvgIpc) is 2.32. The Hall–Kier alpha value is -1.49. The van der Waals surface area contributed by atoms with Crippen LogP contribution in [0.25, 0.3) is 0 Å². The summed E-state index contributed by atoms with van der Waals surface area (Å²) < 4.78 is 5.35. The molecule has 102 valence electrons. The minimum Gasteiger partial charge on any atom is -0.476 e. The molecular formula is C13H24N4O. The number of nitrogens with two attached hydrogens (primary N) is 1. The number of rotatable bonds is 8. The summed E-state index contributed by atoms with van der Waals surface area (Å²) in [6.07, 6.45) is 2.29. The summed E-state index contributed by atoms with van der Waals surface area (Å²) >= 11 is 0. The molecule has 18 heavy (non-hydrogen) atoms. The molecule has 0 saturated carbocycles. The van der Waals surface area contributed by atoms with Crippen LogP contribution in [0, 0.1) is 0 Å². The van der Waals surface area contributed by atoms with E-state index in [2.05, 4.69) is 29.3 Å². The van der Waals surface area contributed by atoms with E-state index in [1.54, 1.807) is 0 Å². The molecule has 1 aromatic rings. The highest BCUT2D eigenvalue weighted by Gasteiger charge is 2.03. The molecule has 1 heterocycles. The maximum absolute atomic E-state index is 5.76. The molecule has 5 heteroatoms. The van der Waals surface area contributed by atoms with Gasteiger partial charge in [0.2, 0.25) is 5.88 Å². The summed E-state index contributed by atoms with van der Waals surface area (Å²) in [6, 6.07) is 3.70. The average molecular weight is 252 g/mol. The molecule has 0 aliphatic heterocycles. The van der Waals surface area contributed by atoms with Gasteiger partial charge in [-0.2, -0.15) is 4.98 Å². The predicted molar refractivity (Wildman–Crippen MR) is 76.1 cm³/mol. The number of ether oxygens (including phenoxy) is 1. The van der Waals surface area contributed by atoms with Gasteiger partial charge in [-0.1, -0.05) is 0 Å². The first kappa shape index (κ1) is 14.6. The minimum atomic E-state index is 0.510. The lowest BCUT2D eigenvalue weighted by molar-refractivity contribution is 0.329. The molecule has 0 spiro atoms. The zero-order valence-electron chi connectivity index (χ0n) is 11.6. The number of anilines is 2. The van der Waals surface area contributed by atoms with E-state index in [9.17, 15) is 0 Å². The van der Waals surface area contributed by atoms with Gasteiger partial charge in [0.1, 0.15) is 5.82 Å². The minimum absolute atomic E-state index is 0.510. The van der Waals surface area contributed by atoms with Crippen molar-refractivity contribution in [2.24, 2.45) is 0 Å². The number of unbranched alkanes of at least 4 members (excludes halogenated alkanes) is 1. The van der Waals surface area contributed by atoms with Crippen LogP contribution in [-0.2, 0) is 0 Å². The van der Waals surface area contributed by atoms with Gasteiger partial charge in [-0.25, -0.2) is 0 Å². The molecule has 0 fully saturated rings. The van der Waals surface area contributed by atoms with E-state index >= 15 is 0 Å². The number of aromatic nitrogens is 1. The summed E-state index contributed by atoms with van der Waals surface area (Å²) in [7, 11) is 4.17. The van der Waals surface area contributed by atoms with Gasteiger partial charge in [0, 0.05) is 6.54 Å². The molecule has 5 nitrogen and oxygen atoms in total. The van der Waals surface area contributed by atoms with Crippen molar-refractivity contribution in [3.8, 4) is 5.88 Å². The molecule has 0 bridgehead atoms. The zero-order chi connectivity index (χ0) is 13.4. The lowest BCUT2D eigenvalue weighted by Gasteiger charge is -2.11. The van der Waals surface area contributed by atoms with E-state index in [-0.39, 0.29) is 0 Å². The highest BCUT2D eigenvalue weighted by Crippen LogP contribution is 2.20. The number of nitrogens with zero attached hydrogens (tertiary/aromatic N) is 2. The van der Waals surface area contributed by atoms with Gasteiger partial charge in [0.25, 0.3) is 0 Å². The molecule has 1 aromatic heterocycles. The maximum Gasteiger partial charge on any atom is 0.239 e. The van der Waals surface area contributed by atoms with Gasteiger partial charge in [0.15, 0.2) is 0 Å². The largest absolute Gasteiger partial charge is 0.476 e. The first-order valence-electron chi connectivity index (χ1n) is 6.41. The molecule has 0 radical (unpaired) electrons. The maximum atomic E-state index is 5.76. The molecule has 0 unspecified atom stereocenters. The quantitative estimate of drug-likeness (QED) is 0.691. The number of nitrogen functional groups attached to an aromatic ring is 1. The van der Waals surface area contributed by atoms with Gasteiger partial charge in [-0.3, -0.25) is 0 Å². The molecule has 3 N–H and O–H groups in total. The number of pyridine rings is 1. The molecule has 1 rings (SSSR count). The van der Waals surface area contributed by atoms with Crippen molar-refractivity contribution in [1.29, 1.82) is 0 Å². The fourth-order valence-electron chi connectivity index (χ4n) is 1.57. The molecule has 0 saturated heterocycles. The van der Waals surface area contributed by atoms with E-state index in [4.69, 9.17) is 10.5 Å². The van der Waals surface area contributed by atoms with Crippen LogP contribution >= 0.6 is 0 Å². The zero-order valence-corrected chi connectivity index (χ0v) is 11.6. The van der Waals surface area contributed by atoms with Gasteiger partial charge in [-0.15, -0.1) is 0 Å². The monoisotopic (exact) mass is 252 g/mol. The van der Waals surface area contributed by atoms with Gasteiger partial charge in [-0.05, 0) is 52.5 Å². The van der Waals surface area contributed by atoms with Gasteiger partial charge in [0.05, 0.1) is 12.3 Å². The molecule has 0 atom stereocenters. The van der Waals surface area contributed by atoms with Crippen LogP contribution in [0.1, 0.15) is 19.8 Å². The van der Waals surface area contributed by atoms with Gasteiger partial charge >= 0.3 is 0 Å². The van der Waals surface area contributed by atoms with Crippen molar-refractivity contribution in [1.82, 2.24) is 9.88 Å². The van der Waals surface area contributed by atoms with E-state index in [1.165, 1.54) is 6.42 Å². The predicted octanol–water partition coefficient (Wildman–Crippen LogP) is 1.82. The smallest absolute Gasteiger partial charge is 0.239 e. The Labute approximate surface area is 109 Å².